The van der Waals surface area contributed by atoms with Gasteiger partial charge in [0.25, 0.3) is 5.91 Å². The Hall–Kier alpha value is -2.95. The molecule has 1 aliphatic carbocycles. The molecule has 1 saturated heterocycles. The molecule has 0 saturated carbocycles. The second kappa shape index (κ2) is 5.80. The lowest BCUT2D eigenvalue weighted by atomic mass is 9.91. The summed E-state index contributed by atoms with van der Waals surface area (Å²) in [5, 5.41) is 2.85. The highest BCUT2D eigenvalue weighted by atomic mass is 16.2. The Labute approximate surface area is 152 Å². The molecule has 5 nitrogen and oxygen atoms in total. The third-order valence-electron chi connectivity index (χ3n) is 5.42. The number of benzene rings is 2. The predicted molar refractivity (Wildman–Crippen MR) is 96.9 cm³/mol. The van der Waals surface area contributed by atoms with Crippen molar-refractivity contribution in [3.63, 3.8) is 0 Å². The molecule has 0 unspecified atom stereocenters. The number of imide groups is 1. The molecule has 2 aromatic rings. The smallest absolute Gasteiger partial charge is 0.319 e. The van der Waals surface area contributed by atoms with E-state index in [0.29, 0.717) is 12.0 Å². The number of nitrogens with one attached hydrogen (secondary N) is 1. The zero-order valence-corrected chi connectivity index (χ0v) is 14.8. The molecular weight excluding hydrogens is 328 g/mol. The van der Waals surface area contributed by atoms with Crippen LogP contribution in [-0.2, 0) is 16.8 Å². The molecule has 4 rings (SSSR count). The number of carbonyl (C=O) groups excluding carboxylic acids is 3. The number of hydrogen-bond donors (Lipinski definition) is 1. The van der Waals surface area contributed by atoms with E-state index in [9.17, 15) is 14.4 Å². The third kappa shape index (κ3) is 2.35. The average molecular weight is 348 g/mol. The van der Waals surface area contributed by atoms with E-state index < -0.39 is 11.6 Å². The lowest BCUT2D eigenvalue weighted by Gasteiger charge is -2.22. The van der Waals surface area contributed by atoms with E-state index in [0.717, 1.165) is 33.6 Å². The topological polar surface area (TPSA) is 66.5 Å². The van der Waals surface area contributed by atoms with Crippen molar-refractivity contribution in [3.8, 4) is 0 Å². The Morgan fingerprint density at radius 3 is 2.73 bits per heavy atom. The van der Waals surface area contributed by atoms with Crippen LogP contribution >= 0.6 is 0 Å². The quantitative estimate of drug-likeness (QED) is 0.685. The van der Waals surface area contributed by atoms with Gasteiger partial charge in [-0.1, -0.05) is 42.0 Å². The van der Waals surface area contributed by atoms with Gasteiger partial charge in [-0.15, -0.1) is 0 Å². The van der Waals surface area contributed by atoms with Crippen LogP contribution in [0.5, 0.6) is 0 Å². The molecule has 2 aromatic carbocycles. The number of Topliss-reactive ketones (excluding diaryl/α,β-unsaturated/α-hetero) is 1. The Morgan fingerprint density at radius 2 is 1.92 bits per heavy atom. The highest BCUT2D eigenvalue weighted by Crippen LogP contribution is 2.41. The van der Waals surface area contributed by atoms with Gasteiger partial charge in [0.05, 0.1) is 6.54 Å². The largest absolute Gasteiger partial charge is 0.325 e. The van der Waals surface area contributed by atoms with E-state index in [1.54, 1.807) is 6.07 Å². The summed E-state index contributed by atoms with van der Waals surface area (Å²) >= 11 is 0. The van der Waals surface area contributed by atoms with Crippen molar-refractivity contribution in [2.45, 2.75) is 32.2 Å². The van der Waals surface area contributed by atoms with Crippen molar-refractivity contribution < 1.29 is 14.4 Å². The van der Waals surface area contributed by atoms with Gasteiger partial charge in [-0.05, 0) is 49.4 Å². The molecule has 0 aromatic heterocycles. The molecule has 2 aliphatic rings. The SMILES string of the molecule is Cc1ccc(C)c(C(=O)CN2C(=O)N[C@]3(CCc4ccccc43)C2=O)c1. The first kappa shape index (κ1) is 16.5. The van der Waals surface area contributed by atoms with Crippen molar-refractivity contribution in [2.24, 2.45) is 0 Å². The molecule has 1 heterocycles. The highest BCUT2D eigenvalue weighted by Gasteiger charge is 2.55. The maximum atomic E-state index is 13.1. The molecular formula is C21H20N2O3. The van der Waals surface area contributed by atoms with Gasteiger partial charge in [-0.3, -0.25) is 14.5 Å². The molecule has 1 atom stereocenters. The van der Waals surface area contributed by atoms with Gasteiger partial charge in [0.1, 0.15) is 5.54 Å². The first-order valence-corrected chi connectivity index (χ1v) is 8.75. The molecule has 1 aliphatic heterocycles. The number of carbonyl (C=O) groups is 3. The minimum absolute atomic E-state index is 0.224. The lowest BCUT2D eigenvalue weighted by Crippen LogP contribution is -2.42. The molecule has 26 heavy (non-hydrogen) atoms. The Kier molecular flexibility index (Phi) is 3.68. The first-order valence-electron chi connectivity index (χ1n) is 8.75. The second-order valence-corrected chi connectivity index (χ2v) is 7.13. The van der Waals surface area contributed by atoms with E-state index in [1.165, 1.54) is 0 Å². The van der Waals surface area contributed by atoms with Crippen molar-refractivity contribution in [1.29, 1.82) is 0 Å². The molecule has 1 spiro atoms. The van der Waals surface area contributed by atoms with E-state index >= 15 is 0 Å². The van der Waals surface area contributed by atoms with Gasteiger partial charge in [0.15, 0.2) is 5.78 Å². The van der Waals surface area contributed by atoms with Gasteiger partial charge in [-0.2, -0.15) is 0 Å². The number of amides is 3. The molecule has 5 heteroatoms. The van der Waals surface area contributed by atoms with E-state index in [2.05, 4.69) is 5.32 Å². The summed E-state index contributed by atoms with van der Waals surface area (Å²) in [6.45, 7) is 3.53. The first-order chi connectivity index (χ1) is 12.4. The Morgan fingerprint density at radius 1 is 1.15 bits per heavy atom. The maximum absolute atomic E-state index is 13.1. The van der Waals surface area contributed by atoms with Gasteiger partial charge in [0, 0.05) is 5.56 Å². The molecule has 0 bridgehead atoms. The van der Waals surface area contributed by atoms with Crippen LogP contribution in [0.15, 0.2) is 42.5 Å². The van der Waals surface area contributed by atoms with Crippen LogP contribution in [0.25, 0.3) is 0 Å². The molecule has 3 amide bonds. The zero-order valence-electron chi connectivity index (χ0n) is 14.8. The Balaban J connectivity index is 1.63. The van der Waals surface area contributed by atoms with Gasteiger partial charge < -0.3 is 5.32 Å². The number of fused-ring (bicyclic) bond motifs is 2. The van der Waals surface area contributed by atoms with Crippen LogP contribution in [0.1, 0.15) is 39.0 Å². The average Bonchev–Trinajstić information content (AvgIpc) is 3.11. The molecule has 1 N–H and O–H groups in total. The second-order valence-electron chi connectivity index (χ2n) is 7.13. The van der Waals surface area contributed by atoms with Crippen LogP contribution in [0.2, 0.25) is 0 Å². The summed E-state index contributed by atoms with van der Waals surface area (Å²) < 4.78 is 0. The van der Waals surface area contributed by atoms with Crippen LogP contribution in [0, 0.1) is 13.8 Å². The molecule has 1 fully saturated rings. The van der Waals surface area contributed by atoms with Crippen molar-refractivity contribution >= 4 is 17.7 Å². The minimum atomic E-state index is -1.02. The number of rotatable bonds is 3. The fourth-order valence-corrected chi connectivity index (χ4v) is 4.00. The van der Waals surface area contributed by atoms with Crippen molar-refractivity contribution in [2.75, 3.05) is 6.54 Å². The number of hydrogen-bond acceptors (Lipinski definition) is 3. The minimum Gasteiger partial charge on any atom is -0.319 e. The molecule has 0 radical (unpaired) electrons. The Bertz CT molecular complexity index is 950. The van der Waals surface area contributed by atoms with Crippen LogP contribution in [-0.4, -0.2) is 29.2 Å². The van der Waals surface area contributed by atoms with Crippen molar-refractivity contribution in [1.82, 2.24) is 10.2 Å². The summed E-state index contributed by atoms with van der Waals surface area (Å²) in [5.74, 6) is -0.552. The highest BCUT2D eigenvalue weighted by molar-refractivity contribution is 6.12. The van der Waals surface area contributed by atoms with Crippen LogP contribution in [0.4, 0.5) is 4.79 Å². The summed E-state index contributed by atoms with van der Waals surface area (Å²) in [7, 11) is 0. The van der Waals surface area contributed by atoms with Crippen molar-refractivity contribution in [3.05, 3.63) is 70.3 Å². The lowest BCUT2D eigenvalue weighted by molar-refractivity contribution is -0.131. The summed E-state index contributed by atoms with van der Waals surface area (Å²) in [5.41, 5.74) is 3.27. The number of aryl methyl sites for hydroxylation is 3. The predicted octanol–water partition coefficient (Wildman–Crippen LogP) is 2.88. The van der Waals surface area contributed by atoms with Gasteiger partial charge >= 0.3 is 6.03 Å². The zero-order chi connectivity index (χ0) is 18.5. The maximum Gasteiger partial charge on any atom is 0.325 e. The monoisotopic (exact) mass is 348 g/mol. The van der Waals surface area contributed by atoms with E-state index in [1.807, 2.05) is 50.2 Å². The van der Waals surface area contributed by atoms with Gasteiger partial charge in [-0.25, -0.2) is 4.79 Å². The van der Waals surface area contributed by atoms with E-state index in [-0.39, 0.29) is 18.2 Å². The van der Waals surface area contributed by atoms with Crippen LogP contribution in [0.3, 0.4) is 0 Å². The number of nitrogens with zero attached hydrogens (tertiary/aromatic N) is 1. The number of ketones is 1. The molecule has 132 valence electrons. The summed E-state index contributed by atoms with van der Waals surface area (Å²) in [6, 6.07) is 12.8. The van der Waals surface area contributed by atoms with Crippen LogP contribution < -0.4 is 5.32 Å². The summed E-state index contributed by atoms with van der Waals surface area (Å²) in [4.78, 5) is 39.4. The fraction of sp³-hybridized carbons (Fsp3) is 0.286. The standard InChI is InChI=1S/C21H20N2O3/c1-13-7-8-14(2)16(11-13)18(24)12-23-19(25)21(22-20(23)26)10-9-15-5-3-4-6-17(15)21/h3-8,11H,9-10,12H2,1-2H3,(H,22,26)/t21-/m0/s1. The number of urea groups is 1. The van der Waals surface area contributed by atoms with Gasteiger partial charge in [0.2, 0.25) is 0 Å². The normalized spacial score (nSPS) is 21.2. The fourth-order valence-electron chi connectivity index (χ4n) is 4.00. The third-order valence-corrected chi connectivity index (χ3v) is 5.42. The van der Waals surface area contributed by atoms with E-state index in [4.69, 9.17) is 0 Å². The summed E-state index contributed by atoms with van der Waals surface area (Å²) in [6.07, 6.45) is 1.27.